The summed E-state index contributed by atoms with van der Waals surface area (Å²) in [7, 11) is 0. The number of rotatable bonds is 28. The van der Waals surface area contributed by atoms with E-state index in [1.165, 1.54) is 29.4 Å². The van der Waals surface area contributed by atoms with E-state index in [0.717, 1.165) is 9.80 Å². The zero-order valence-electron chi connectivity index (χ0n) is 75.3. The van der Waals surface area contributed by atoms with Crippen LogP contribution >= 0.6 is 0 Å². The van der Waals surface area contributed by atoms with Gasteiger partial charge in [-0.3, -0.25) is 82.4 Å². The van der Waals surface area contributed by atoms with Crippen LogP contribution in [-0.2, 0) is 57.3 Å². The molecule has 5 N–H and O–H groups in total. The number of carbonyl (C=O) groups is 12. The molecule has 37 nitrogen and oxygen atoms in total. The third-order valence-corrected chi connectivity index (χ3v) is 20.4. The van der Waals surface area contributed by atoms with E-state index in [9.17, 15) is 76.0 Å². The number of ether oxygens (including phenoxy) is 6. The van der Waals surface area contributed by atoms with Crippen LogP contribution in [0.5, 0.6) is 11.5 Å². The van der Waals surface area contributed by atoms with Crippen LogP contribution in [0.2, 0.25) is 0 Å². The maximum absolute atomic E-state index is 15.4. The van der Waals surface area contributed by atoms with Crippen molar-refractivity contribution in [1.82, 2.24) is 80.2 Å². The van der Waals surface area contributed by atoms with Gasteiger partial charge in [-0.15, -0.1) is 0 Å². The Morgan fingerprint density at radius 1 is 0.438 bits per heavy atom. The van der Waals surface area contributed by atoms with Gasteiger partial charge < -0.3 is 79.3 Å². The van der Waals surface area contributed by atoms with Crippen molar-refractivity contribution >= 4 is 93.8 Å². The van der Waals surface area contributed by atoms with Crippen LogP contribution in [-0.4, -0.2) is 372 Å². The molecule has 128 heavy (non-hydrogen) atoms. The van der Waals surface area contributed by atoms with Crippen LogP contribution in [0.25, 0.3) is 21.8 Å². The van der Waals surface area contributed by atoms with E-state index in [0.29, 0.717) is 85.2 Å². The third-order valence-electron chi connectivity index (χ3n) is 20.4. The van der Waals surface area contributed by atoms with Gasteiger partial charge in [-0.1, -0.05) is 0 Å². The summed E-state index contributed by atoms with van der Waals surface area (Å²) in [5.41, 5.74) is -2.14. The maximum atomic E-state index is 15.4. The van der Waals surface area contributed by atoms with Gasteiger partial charge in [0.15, 0.2) is 0 Å². The lowest BCUT2D eigenvalue weighted by Gasteiger charge is -2.36. The number of esters is 4. The Hall–Kier alpha value is -11.4. The lowest BCUT2D eigenvalue weighted by atomic mass is 10.1. The number of halogens is 4. The Labute approximate surface area is 743 Å². The first-order valence-electron chi connectivity index (χ1n) is 42.8. The van der Waals surface area contributed by atoms with Crippen LogP contribution in [0.4, 0.5) is 27.2 Å². The fourth-order valence-corrected chi connectivity index (χ4v) is 14.4. The molecule has 0 spiro atoms. The Balaban J connectivity index is 0.00000737. The molecule has 4 aromatic rings. The van der Waals surface area contributed by atoms with Crippen LogP contribution < -0.4 is 30.7 Å². The van der Waals surface area contributed by atoms with Crippen molar-refractivity contribution in [2.45, 2.75) is 168 Å². The smallest absolute Gasteiger partial charge is 0.320 e. The van der Waals surface area contributed by atoms with E-state index in [-0.39, 0.29) is 161 Å². The maximum Gasteiger partial charge on any atom is 0.320 e. The molecule has 4 aliphatic heterocycles. The predicted octanol–water partition coefficient (Wildman–Crippen LogP) is 5.24. The summed E-state index contributed by atoms with van der Waals surface area (Å²) in [5, 5.41) is 37.4. The van der Waals surface area contributed by atoms with Gasteiger partial charge in [0, 0.05) is 154 Å². The molecule has 0 aliphatic carbocycles. The Kier molecular flexibility index (Phi) is 39.0. The van der Waals surface area contributed by atoms with Crippen molar-refractivity contribution in [3.63, 3.8) is 0 Å². The van der Waals surface area contributed by atoms with Crippen LogP contribution in [0, 0.1) is 22.7 Å². The average Bonchev–Trinajstić information content (AvgIpc) is 1.49. The van der Waals surface area contributed by atoms with Crippen molar-refractivity contribution in [3.8, 4) is 23.6 Å². The lowest BCUT2D eigenvalue weighted by Crippen LogP contribution is -2.54. The number of nitrogens with one attached hydrogen (secondary N) is 4. The summed E-state index contributed by atoms with van der Waals surface area (Å²) in [6, 6.07) is 12.4. The molecule has 4 saturated heterocycles. The molecule has 704 valence electrons. The van der Waals surface area contributed by atoms with Crippen molar-refractivity contribution in [2.24, 2.45) is 0 Å². The molecule has 6 heterocycles. The number of unbranched alkanes of at least 4 members (excludes halogenated alkanes) is 2. The van der Waals surface area contributed by atoms with Crippen molar-refractivity contribution in [2.75, 3.05) is 190 Å². The molecule has 9 amide bonds. The number of hydrogen-bond donors (Lipinski definition) is 5. The number of hydrogen-bond acceptors (Lipinski definition) is 27. The molecule has 2 aromatic heterocycles. The summed E-state index contributed by atoms with van der Waals surface area (Å²) in [4.78, 5) is 185. The third kappa shape index (κ3) is 36.0. The second kappa shape index (κ2) is 48.1. The predicted molar refractivity (Wildman–Crippen MR) is 460 cm³/mol. The molecule has 0 radical (unpaired) electrons. The molecule has 41 heteroatoms. The molecule has 2 aromatic carbocycles. The minimum Gasteiger partial charge on any atom is -0.494 e. The zero-order chi connectivity index (χ0) is 94.3. The zero-order valence-corrected chi connectivity index (χ0v) is 75.3. The number of pyridine rings is 2. The van der Waals surface area contributed by atoms with Crippen LogP contribution in [0.1, 0.15) is 142 Å². The van der Waals surface area contributed by atoms with E-state index < -0.39 is 145 Å². The largest absolute Gasteiger partial charge is 0.494 e. The molecule has 0 unspecified atom stereocenters. The molecule has 2 atom stereocenters. The molecular formula is C87H124F4N18O19. The lowest BCUT2D eigenvalue weighted by molar-refractivity contribution is -0.158. The number of amides is 9. The van der Waals surface area contributed by atoms with Gasteiger partial charge in [0.05, 0.1) is 106 Å². The molecule has 8 rings (SSSR count). The number of likely N-dealkylation sites (tertiary alicyclic amines) is 2. The number of urea groups is 2. The second-order valence-corrected chi connectivity index (χ2v) is 35.7. The summed E-state index contributed by atoms with van der Waals surface area (Å²) in [6.07, 6.45) is 2.88. The first-order valence-corrected chi connectivity index (χ1v) is 42.8. The quantitative estimate of drug-likeness (QED) is 0.0160. The van der Waals surface area contributed by atoms with Gasteiger partial charge in [-0.05, 0) is 157 Å². The van der Waals surface area contributed by atoms with E-state index in [4.69, 9.17) is 38.3 Å². The number of nitriles is 2. The van der Waals surface area contributed by atoms with Crippen LogP contribution in [0.3, 0.4) is 0 Å². The highest BCUT2D eigenvalue weighted by Gasteiger charge is 2.49. The van der Waals surface area contributed by atoms with Gasteiger partial charge in [0.2, 0.25) is 17.7 Å². The first kappa shape index (κ1) is 104. The highest BCUT2D eigenvalue weighted by molar-refractivity contribution is 6.08. The SMILES string of the molecule is CC(C)(C)OC(=O)CN1CCN(CC(=O)OC(C)(C)C)CCN(CC(=O)N2CCN(CC(=O)OC(C)(C)C)CCN(C(=O)NCCCCOc3ccc4nccc(C(=O)NCC(=O)N5CC(F)(F)C[C@H]5C#N)c4c3)CCN(C(=O)NCCCCOc3ccc4nccc(C(=O)NCC(=O)N5CC(F)(F)C[C@H]5C#N)c4c3)CC2)CCN(CC(=O)OC(C)(C)C)CC1.O=CO. The standard InChI is InChI=1S/C86H122F4N18O17.CH2O2/c1-81(2,3)122-73(112)54-100-29-27-99(28-30-101(55-74(113)123-82(4,5)6)32-34-102(33-31-100)56-75(114)124-83(7,8)9)53-72(111)104-37-35-103(57-76(115)125-84(10,11)12)36-38-105(79(118)95-23-13-15-43-120-62-17-19-68-66(45-62)64(21-25-93-68)77(116)97-51-70(109)107-58-85(87,88)47-60(107)49-91)41-42-106(40-39-104)80(119)96-24-14-16-44-121-63-18-20-69-67(46-63)65(22-26-94-69)78(117)98-52-71(110)108-59-86(89,90)48-61(108)50-92;2-1-3/h17-22,25-26,45-46,60-61H,13-16,23-24,27-44,47-48,51-59H2,1-12H3,(H,95,118)(H,96,119)(H,97,116)(H,98,117);1H,(H,2,3)/t60-,61-;/m0./s1. The van der Waals surface area contributed by atoms with Gasteiger partial charge in [-0.25, -0.2) is 27.2 Å². The molecule has 0 bridgehead atoms. The summed E-state index contributed by atoms with van der Waals surface area (Å²) in [6.45, 7) is 20.1. The van der Waals surface area contributed by atoms with E-state index >= 15 is 4.79 Å². The van der Waals surface area contributed by atoms with Gasteiger partial charge in [0.1, 0.15) is 46.0 Å². The Morgan fingerprint density at radius 3 is 1.05 bits per heavy atom. The number of aromatic nitrogens is 2. The number of carbonyl (C=O) groups excluding carboxylic acids is 11. The van der Waals surface area contributed by atoms with Gasteiger partial charge in [-0.2, -0.15) is 10.5 Å². The number of nitrogens with zero attached hydrogens (tertiary/aromatic N) is 14. The van der Waals surface area contributed by atoms with E-state index in [1.54, 1.807) is 146 Å². The minimum atomic E-state index is -3.24. The topological polar surface area (TPSA) is 434 Å². The normalized spacial score (nSPS) is 18.1. The van der Waals surface area contributed by atoms with Crippen molar-refractivity contribution < 1.29 is 109 Å². The van der Waals surface area contributed by atoms with E-state index in [2.05, 4.69) is 31.2 Å². The number of fused-ring (bicyclic) bond motifs is 2. The Bertz CT molecular complexity index is 4520. The van der Waals surface area contributed by atoms with Crippen molar-refractivity contribution in [1.29, 1.82) is 10.5 Å². The highest BCUT2D eigenvalue weighted by Crippen LogP contribution is 2.34. The summed E-state index contributed by atoms with van der Waals surface area (Å²) < 4.78 is 91.9. The van der Waals surface area contributed by atoms with Crippen LogP contribution in [0.15, 0.2) is 60.9 Å². The van der Waals surface area contributed by atoms with Gasteiger partial charge in [0.25, 0.3) is 30.1 Å². The van der Waals surface area contributed by atoms with Gasteiger partial charge >= 0.3 is 35.9 Å². The number of alkyl halides is 4. The summed E-state index contributed by atoms with van der Waals surface area (Å²) in [5.74, 6) is -11.1. The minimum absolute atomic E-state index is 0.0195. The average molecular weight is 1800 g/mol. The number of benzene rings is 2. The molecular weight excluding hydrogens is 1680 g/mol. The molecule has 0 saturated carbocycles. The molecule has 4 fully saturated rings. The highest BCUT2D eigenvalue weighted by atomic mass is 19.3. The van der Waals surface area contributed by atoms with Crippen molar-refractivity contribution in [3.05, 3.63) is 72.1 Å². The first-order chi connectivity index (χ1) is 60.2. The monoisotopic (exact) mass is 1800 g/mol. The molecule has 4 aliphatic rings. The fraction of sp³-hybridized carbons (Fsp3) is 0.632. The van der Waals surface area contributed by atoms with E-state index in [1.807, 2.05) is 19.6 Å². The Morgan fingerprint density at radius 2 is 0.734 bits per heavy atom. The second-order valence-electron chi connectivity index (χ2n) is 35.7. The number of carboxylic acid groups (broad SMARTS) is 1. The summed E-state index contributed by atoms with van der Waals surface area (Å²) >= 11 is 0. The fourth-order valence-electron chi connectivity index (χ4n) is 14.4.